The van der Waals surface area contributed by atoms with E-state index < -0.39 is 0 Å². The molecule has 3 rings (SSSR count). The van der Waals surface area contributed by atoms with Crippen LogP contribution in [-0.2, 0) is 0 Å². The number of nitrogen functional groups attached to an aromatic ring is 1. The average molecular weight is 275 g/mol. The van der Waals surface area contributed by atoms with Crippen LogP contribution in [0, 0.1) is 0 Å². The Morgan fingerprint density at radius 3 is 2.80 bits per heavy atom. The van der Waals surface area contributed by atoms with Crippen LogP contribution in [0.1, 0.15) is 50.6 Å². The van der Waals surface area contributed by atoms with Crippen molar-refractivity contribution < 1.29 is 0 Å². The first kappa shape index (κ1) is 13.6. The Morgan fingerprint density at radius 1 is 1.25 bits per heavy atom. The molecule has 0 bridgehead atoms. The number of piperazine rings is 1. The van der Waals surface area contributed by atoms with E-state index in [1.165, 1.54) is 32.1 Å². The number of nitrogens with one attached hydrogen (secondary N) is 1. The van der Waals surface area contributed by atoms with Gasteiger partial charge in [-0.1, -0.05) is 19.3 Å². The lowest BCUT2D eigenvalue weighted by Crippen LogP contribution is -2.49. The predicted octanol–water partition coefficient (Wildman–Crippen LogP) is 1.90. The molecule has 110 valence electrons. The first-order chi connectivity index (χ1) is 9.72. The number of hydrogen-bond acceptors (Lipinski definition) is 5. The average Bonchev–Trinajstić information content (AvgIpc) is 2.47. The minimum absolute atomic E-state index is 0.425. The zero-order chi connectivity index (χ0) is 13.9. The van der Waals surface area contributed by atoms with E-state index in [1.54, 1.807) is 0 Å². The molecule has 0 aromatic carbocycles. The Balaban J connectivity index is 1.82. The summed E-state index contributed by atoms with van der Waals surface area (Å²) in [5.41, 5.74) is 7.09. The van der Waals surface area contributed by atoms with Gasteiger partial charge in [0, 0.05) is 37.7 Å². The van der Waals surface area contributed by atoms with Crippen LogP contribution in [0.5, 0.6) is 0 Å². The molecule has 1 atom stereocenters. The maximum absolute atomic E-state index is 5.94. The van der Waals surface area contributed by atoms with E-state index in [0.29, 0.717) is 17.9 Å². The van der Waals surface area contributed by atoms with Gasteiger partial charge in [0.2, 0.25) is 5.95 Å². The number of anilines is 2. The summed E-state index contributed by atoms with van der Waals surface area (Å²) in [6.07, 6.45) is 6.48. The molecule has 0 spiro atoms. The summed E-state index contributed by atoms with van der Waals surface area (Å²) in [5.74, 6) is 2.01. The molecule has 1 aliphatic carbocycles. The van der Waals surface area contributed by atoms with Gasteiger partial charge < -0.3 is 16.0 Å². The Morgan fingerprint density at radius 2 is 2.05 bits per heavy atom. The van der Waals surface area contributed by atoms with E-state index >= 15 is 0 Å². The van der Waals surface area contributed by atoms with Crippen molar-refractivity contribution in [3.05, 3.63) is 11.8 Å². The van der Waals surface area contributed by atoms with Gasteiger partial charge in [-0.2, -0.15) is 4.98 Å². The lowest BCUT2D eigenvalue weighted by molar-refractivity contribution is 0.436. The molecule has 1 saturated heterocycles. The van der Waals surface area contributed by atoms with Gasteiger partial charge in [-0.25, -0.2) is 4.98 Å². The summed E-state index contributed by atoms with van der Waals surface area (Å²) < 4.78 is 0. The summed E-state index contributed by atoms with van der Waals surface area (Å²) in [7, 11) is 0. The Labute approximate surface area is 121 Å². The third kappa shape index (κ3) is 3.03. The van der Waals surface area contributed by atoms with Crippen molar-refractivity contribution in [3.8, 4) is 0 Å². The molecule has 2 fully saturated rings. The molecule has 1 unspecified atom stereocenters. The fraction of sp³-hybridized carbons (Fsp3) is 0.733. The van der Waals surface area contributed by atoms with Crippen LogP contribution in [-0.4, -0.2) is 35.6 Å². The SMILES string of the molecule is CC1CN(c2cc(C3CCCCC3)nc(N)n2)CCN1. The fourth-order valence-corrected chi connectivity index (χ4v) is 3.38. The standard InChI is InChI=1S/C15H25N5/c1-11-10-20(8-7-17-11)14-9-13(18-15(16)19-14)12-5-3-2-4-6-12/h9,11-12,17H,2-8,10H2,1H3,(H2,16,18,19). The van der Waals surface area contributed by atoms with E-state index in [4.69, 9.17) is 5.73 Å². The Bertz CT molecular complexity index is 456. The van der Waals surface area contributed by atoms with E-state index in [2.05, 4.69) is 33.2 Å². The van der Waals surface area contributed by atoms with Crippen LogP contribution in [0.25, 0.3) is 0 Å². The van der Waals surface area contributed by atoms with Gasteiger partial charge in [-0.3, -0.25) is 0 Å². The summed E-state index contributed by atoms with van der Waals surface area (Å²) >= 11 is 0. The molecule has 2 aliphatic rings. The molecule has 5 heteroatoms. The van der Waals surface area contributed by atoms with Gasteiger partial charge in [-0.05, 0) is 19.8 Å². The highest BCUT2D eigenvalue weighted by Gasteiger charge is 2.21. The van der Waals surface area contributed by atoms with Gasteiger partial charge in [-0.15, -0.1) is 0 Å². The molecular formula is C15H25N5. The van der Waals surface area contributed by atoms with E-state index in [0.717, 1.165) is 31.1 Å². The maximum Gasteiger partial charge on any atom is 0.222 e. The largest absolute Gasteiger partial charge is 0.368 e. The van der Waals surface area contributed by atoms with Crippen LogP contribution in [0.4, 0.5) is 11.8 Å². The third-order valence-corrected chi connectivity index (χ3v) is 4.47. The summed E-state index contributed by atoms with van der Waals surface area (Å²) in [6.45, 7) is 5.19. The van der Waals surface area contributed by atoms with Crippen LogP contribution >= 0.6 is 0 Å². The zero-order valence-electron chi connectivity index (χ0n) is 12.3. The molecule has 1 aromatic rings. The topological polar surface area (TPSA) is 67.1 Å². The second-order valence-electron chi connectivity index (χ2n) is 6.15. The van der Waals surface area contributed by atoms with Crippen molar-refractivity contribution in [1.29, 1.82) is 0 Å². The number of hydrogen-bond donors (Lipinski definition) is 2. The molecule has 1 aliphatic heterocycles. The fourth-order valence-electron chi connectivity index (χ4n) is 3.38. The molecule has 20 heavy (non-hydrogen) atoms. The minimum atomic E-state index is 0.425. The number of aromatic nitrogens is 2. The molecular weight excluding hydrogens is 250 g/mol. The Kier molecular flexibility index (Phi) is 4.05. The van der Waals surface area contributed by atoms with Crippen molar-refractivity contribution in [3.63, 3.8) is 0 Å². The number of nitrogens with two attached hydrogens (primary N) is 1. The quantitative estimate of drug-likeness (QED) is 0.863. The second-order valence-corrected chi connectivity index (χ2v) is 6.15. The van der Waals surface area contributed by atoms with Crippen LogP contribution in [0.15, 0.2) is 6.07 Å². The molecule has 1 saturated carbocycles. The number of rotatable bonds is 2. The smallest absolute Gasteiger partial charge is 0.222 e. The van der Waals surface area contributed by atoms with Gasteiger partial charge in [0.1, 0.15) is 5.82 Å². The molecule has 2 heterocycles. The molecule has 5 nitrogen and oxygen atoms in total. The molecule has 0 radical (unpaired) electrons. The molecule has 3 N–H and O–H groups in total. The van der Waals surface area contributed by atoms with E-state index in [-0.39, 0.29) is 0 Å². The number of nitrogens with zero attached hydrogens (tertiary/aromatic N) is 3. The van der Waals surface area contributed by atoms with E-state index in [1.807, 2.05) is 0 Å². The Hall–Kier alpha value is -1.36. The highest BCUT2D eigenvalue weighted by Crippen LogP contribution is 2.33. The summed E-state index contributed by atoms with van der Waals surface area (Å²) in [6, 6.07) is 2.67. The van der Waals surface area contributed by atoms with Crippen molar-refractivity contribution in [2.75, 3.05) is 30.3 Å². The highest BCUT2D eigenvalue weighted by atomic mass is 15.3. The van der Waals surface area contributed by atoms with Crippen LogP contribution < -0.4 is 16.0 Å². The van der Waals surface area contributed by atoms with Gasteiger partial charge >= 0.3 is 0 Å². The van der Waals surface area contributed by atoms with Crippen molar-refractivity contribution in [1.82, 2.24) is 15.3 Å². The van der Waals surface area contributed by atoms with Gasteiger partial charge in [0.25, 0.3) is 0 Å². The van der Waals surface area contributed by atoms with Crippen molar-refractivity contribution in [2.24, 2.45) is 0 Å². The predicted molar refractivity (Wildman–Crippen MR) is 81.9 cm³/mol. The highest BCUT2D eigenvalue weighted by molar-refractivity contribution is 5.45. The molecule has 0 amide bonds. The minimum Gasteiger partial charge on any atom is -0.368 e. The third-order valence-electron chi connectivity index (χ3n) is 4.47. The zero-order valence-corrected chi connectivity index (χ0v) is 12.3. The summed E-state index contributed by atoms with van der Waals surface area (Å²) in [4.78, 5) is 11.3. The lowest BCUT2D eigenvalue weighted by atomic mass is 9.87. The van der Waals surface area contributed by atoms with Crippen LogP contribution in [0.2, 0.25) is 0 Å². The monoisotopic (exact) mass is 275 g/mol. The van der Waals surface area contributed by atoms with Gasteiger partial charge in [0.15, 0.2) is 0 Å². The first-order valence-corrected chi connectivity index (χ1v) is 7.85. The normalized spacial score (nSPS) is 24.9. The first-order valence-electron chi connectivity index (χ1n) is 7.85. The summed E-state index contributed by atoms with van der Waals surface area (Å²) in [5, 5.41) is 3.46. The van der Waals surface area contributed by atoms with E-state index in [9.17, 15) is 0 Å². The molecule has 1 aromatic heterocycles. The van der Waals surface area contributed by atoms with Crippen LogP contribution in [0.3, 0.4) is 0 Å². The maximum atomic E-state index is 5.94. The van der Waals surface area contributed by atoms with Crippen molar-refractivity contribution >= 4 is 11.8 Å². The van der Waals surface area contributed by atoms with Gasteiger partial charge in [0.05, 0.1) is 5.69 Å². The van der Waals surface area contributed by atoms with Crippen molar-refractivity contribution in [2.45, 2.75) is 51.0 Å². The lowest BCUT2D eigenvalue weighted by Gasteiger charge is -2.33. The second kappa shape index (κ2) is 5.95.